The summed E-state index contributed by atoms with van der Waals surface area (Å²) in [5, 5.41) is 4.57. The van der Waals surface area contributed by atoms with Crippen LogP contribution in [0.4, 0.5) is 0 Å². The predicted octanol–water partition coefficient (Wildman–Crippen LogP) is 4.85. The highest BCUT2D eigenvalue weighted by atomic mass is 16.5. The summed E-state index contributed by atoms with van der Waals surface area (Å²) < 4.78 is 19.2. The monoisotopic (exact) mass is 439 g/mol. The third kappa shape index (κ3) is 3.81. The first-order valence-electron chi connectivity index (χ1n) is 11.9. The fourth-order valence-corrected chi connectivity index (χ4v) is 5.75. The van der Waals surface area contributed by atoms with Crippen molar-refractivity contribution in [1.82, 2.24) is 14.8 Å². The third-order valence-electron chi connectivity index (χ3n) is 7.95. The summed E-state index contributed by atoms with van der Waals surface area (Å²) in [7, 11) is 1.50. The van der Waals surface area contributed by atoms with Gasteiger partial charge in [0.2, 0.25) is 0 Å². The van der Waals surface area contributed by atoms with Crippen LogP contribution in [0.3, 0.4) is 0 Å². The van der Waals surface area contributed by atoms with Crippen LogP contribution in [0.2, 0.25) is 0 Å². The molecule has 2 aromatic rings. The molecule has 0 radical (unpaired) electrons. The summed E-state index contributed by atoms with van der Waals surface area (Å²) in [6.07, 6.45) is 12.7. The molecule has 1 saturated heterocycles. The van der Waals surface area contributed by atoms with Gasteiger partial charge in [-0.05, 0) is 82.4 Å². The smallest absolute Gasteiger partial charge is 0.311 e. The number of nitrogens with zero attached hydrogens (tertiary/aromatic N) is 3. The van der Waals surface area contributed by atoms with Gasteiger partial charge in [0.1, 0.15) is 5.75 Å². The number of hydrogen-bond donors (Lipinski definition) is 0. The van der Waals surface area contributed by atoms with Crippen molar-refractivity contribution in [2.75, 3.05) is 20.3 Å². The minimum Gasteiger partial charge on any atom is -0.491 e. The molecular formula is C25H33N3O4. The van der Waals surface area contributed by atoms with E-state index in [1.807, 2.05) is 29.2 Å². The first kappa shape index (κ1) is 21.4. The van der Waals surface area contributed by atoms with Gasteiger partial charge in [-0.2, -0.15) is 5.10 Å². The largest absolute Gasteiger partial charge is 0.491 e. The number of carbonyl (C=O) groups excluding carboxylic acids is 1. The fourth-order valence-electron chi connectivity index (χ4n) is 5.75. The number of rotatable bonds is 6. The highest BCUT2D eigenvalue weighted by Crippen LogP contribution is 2.57. The molecule has 1 aliphatic heterocycles. The zero-order valence-corrected chi connectivity index (χ0v) is 19.1. The molecule has 2 bridgehead atoms. The van der Waals surface area contributed by atoms with Crippen LogP contribution in [0.1, 0.15) is 69.6 Å². The first-order valence-corrected chi connectivity index (χ1v) is 11.9. The molecule has 1 atom stereocenters. The van der Waals surface area contributed by atoms with E-state index in [4.69, 9.17) is 19.2 Å². The zero-order valence-electron chi connectivity index (χ0n) is 19.1. The topological polar surface area (TPSA) is 75.5 Å². The SMILES string of the molecule is COC(=O)C12CCC(COc3ccc(-c4c(C)cnn4C4CCCCO4)nc3)(CC1)CC2. The Labute approximate surface area is 189 Å². The quantitative estimate of drug-likeness (QED) is 0.599. The number of aromatic nitrogens is 3. The molecule has 32 heavy (non-hydrogen) atoms. The summed E-state index contributed by atoms with van der Waals surface area (Å²) in [6.45, 7) is 3.53. The van der Waals surface area contributed by atoms with Gasteiger partial charge in [-0.3, -0.25) is 9.78 Å². The molecule has 172 valence electrons. The van der Waals surface area contributed by atoms with Gasteiger partial charge < -0.3 is 14.2 Å². The maximum atomic E-state index is 12.2. The normalized spacial score (nSPS) is 29.6. The number of methoxy groups -OCH3 is 1. The van der Waals surface area contributed by atoms with E-state index in [1.165, 1.54) is 7.11 Å². The Morgan fingerprint density at radius 1 is 1.16 bits per heavy atom. The molecule has 3 saturated carbocycles. The molecule has 2 aromatic heterocycles. The molecule has 7 heteroatoms. The molecule has 4 fully saturated rings. The lowest BCUT2D eigenvalue weighted by atomic mass is 9.54. The average Bonchev–Trinajstić information content (AvgIpc) is 3.25. The summed E-state index contributed by atoms with van der Waals surface area (Å²) >= 11 is 0. The third-order valence-corrected chi connectivity index (χ3v) is 7.95. The van der Waals surface area contributed by atoms with Crippen molar-refractivity contribution >= 4 is 5.97 Å². The minimum atomic E-state index is -0.247. The lowest BCUT2D eigenvalue weighted by Gasteiger charge is -2.51. The second-order valence-corrected chi connectivity index (χ2v) is 9.88. The van der Waals surface area contributed by atoms with E-state index in [9.17, 15) is 4.79 Å². The van der Waals surface area contributed by atoms with Gasteiger partial charge in [0, 0.05) is 12.0 Å². The molecule has 6 rings (SSSR count). The van der Waals surface area contributed by atoms with Gasteiger partial charge in [-0.25, -0.2) is 4.68 Å². The number of ether oxygens (including phenoxy) is 3. The van der Waals surface area contributed by atoms with Crippen molar-refractivity contribution in [3.8, 4) is 17.1 Å². The van der Waals surface area contributed by atoms with Crippen molar-refractivity contribution < 1.29 is 19.0 Å². The standard InChI is InChI=1S/C25H33N3O4/c1-18-15-27-28(21-5-3-4-14-31-21)22(18)20-7-6-19(16-26-20)32-17-24-8-11-25(12-9-24,13-10-24)23(29)30-2/h6-7,15-16,21H,3-5,8-14,17H2,1-2H3. The maximum absolute atomic E-state index is 12.2. The zero-order chi connectivity index (χ0) is 22.2. The van der Waals surface area contributed by atoms with Crippen LogP contribution in [0.25, 0.3) is 11.4 Å². The van der Waals surface area contributed by atoms with E-state index >= 15 is 0 Å². The van der Waals surface area contributed by atoms with Crippen molar-refractivity contribution in [2.45, 2.75) is 70.9 Å². The van der Waals surface area contributed by atoms with Crippen molar-refractivity contribution in [1.29, 1.82) is 0 Å². The Kier molecular flexibility index (Phi) is 5.70. The Morgan fingerprint density at radius 2 is 1.94 bits per heavy atom. The molecule has 1 unspecified atom stereocenters. The van der Waals surface area contributed by atoms with E-state index in [1.54, 1.807) is 0 Å². The number of carbonyl (C=O) groups is 1. The molecular weight excluding hydrogens is 406 g/mol. The van der Waals surface area contributed by atoms with E-state index in [2.05, 4.69) is 12.0 Å². The van der Waals surface area contributed by atoms with Gasteiger partial charge in [0.25, 0.3) is 0 Å². The highest BCUT2D eigenvalue weighted by Gasteiger charge is 2.53. The van der Waals surface area contributed by atoms with Crippen LogP contribution in [0, 0.1) is 17.8 Å². The van der Waals surface area contributed by atoms with Crippen LogP contribution < -0.4 is 4.74 Å². The van der Waals surface area contributed by atoms with Gasteiger partial charge in [-0.1, -0.05) is 0 Å². The van der Waals surface area contributed by atoms with Crippen molar-refractivity contribution in [3.05, 3.63) is 30.1 Å². The molecule has 0 aromatic carbocycles. The molecule has 0 spiro atoms. The Bertz CT molecular complexity index is 938. The number of fused-ring (bicyclic) bond motifs is 3. The summed E-state index contributed by atoms with van der Waals surface area (Å²) in [5.74, 6) is 0.760. The highest BCUT2D eigenvalue weighted by molar-refractivity contribution is 5.77. The van der Waals surface area contributed by atoms with Crippen LogP contribution in [-0.2, 0) is 14.3 Å². The van der Waals surface area contributed by atoms with Gasteiger partial charge in [0.05, 0.1) is 42.9 Å². The van der Waals surface area contributed by atoms with Gasteiger partial charge >= 0.3 is 5.97 Å². The number of pyridine rings is 1. The molecule has 7 nitrogen and oxygen atoms in total. The van der Waals surface area contributed by atoms with Crippen LogP contribution in [0.5, 0.6) is 5.75 Å². The Hall–Kier alpha value is -2.41. The molecule has 4 aliphatic rings. The molecule has 3 heterocycles. The lowest BCUT2D eigenvalue weighted by Crippen LogP contribution is -2.48. The predicted molar refractivity (Wildman–Crippen MR) is 119 cm³/mol. The van der Waals surface area contributed by atoms with Crippen LogP contribution >= 0.6 is 0 Å². The van der Waals surface area contributed by atoms with Gasteiger partial charge in [-0.15, -0.1) is 0 Å². The van der Waals surface area contributed by atoms with E-state index in [0.717, 1.165) is 87.1 Å². The summed E-state index contributed by atoms with van der Waals surface area (Å²) in [5.41, 5.74) is 2.92. The summed E-state index contributed by atoms with van der Waals surface area (Å²) in [6, 6.07) is 4.02. The second kappa shape index (κ2) is 8.50. The first-order chi connectivity index (χ1) is 15.5. The fraction of sp³-hybridized carbons (Fsp3) is 0.640. The summed E-state index contributed by atoms with van der Waals surface area (Å²) in [4.78, 5) is 16.9. The molecule has 0 N–H and O–H groups in total. The van der Waals surface area contributed by atoms with Crippen LogP contribution in [-0.4, -0.2) is 41.1 Å². The van der Waals surface area contributed by atoms with E-state index in [-0.39, 0.29) is 23.0 Å². The van der Waals surface area contributed by atoms with E-state index < -0.39 is 0 Å². The number of esters is 1. The van der Waals surface area contributed by atoms with Gasteiger partial charge in [0.15, 0.2) is 6.23 Å². The van der Waals surface area contributed by atoms with E-state index in [0.29, 0.717) is 6.61 Å². The minimum absolute atomic E-state index is 0.0148. The second-order valence-electron chi connectivity index (χ2n) is 9.88. The van der Waals surface area contributed by atoms with Crippen molar-refractivity contribution in [3.63, 3.8) is 0 Å². The Balaban J connectivity index is 1.24. The lowest BCUT2D eigenvalue weighted by molar-refractivity contribution is -0.163. The van der Waals surface area contributed by atoms with Crippen molar-refractivity contribution in [2.24, 2.45) is 10.8 Å². The number of hydrogen-bond acceptors (Lipinski definition) is 6. The molecule has 0 amide bonds. The number of aryl methyl sites for hydroxylation is 1. The maximum Gasteiger partial charge on any atom is 0.311 e. The molecule has 3 aliphatic carbocycles. The van der Waals surface area contributed by atoms with Crippen LogP contribution in [0.15, 0.2) is 24.5 Å². The Morgan fingerprint density at radius 3 is 2.56 bits per heavy atom. The average molecular weight is 440 g/mol.